The van der Waals surface area contributed by atoms with E-state index in [1.54, 1.807) is 7.11 Å². The summed E-state index contributed by atoms with van der Waals surface area (Å²) < 4.78 is 11.8. The second kappa shape index (κ2) is 7.69. The molecule has 1 aromatic rings. The molecule has 4 heteroatoms. The van der Waals surface area contributed by atoms with E-state index in [2.05, 4.69) is 15.9 Å². The van der Waals surface area contributed by atoms with Crippen molar-refractivity contribution >= 4 is 15.9 Å². The zero-order chi connectivity index (χ0) is 12.7. The fraction of sp³-hybridized carbons (Fsp3) is 0.538. The first-order valence-corrected chi connectivity index (χ1v) is 6.61. The van der Waals surface area contributed by atoms with E-state index in [9.17, 15) is 0 Å². The van der Waals surface area contributed by atoms with Crippen LogP contribution in [0.2, 0.25) is 0 Å². The topological polar surface area (TPSA) is 44.5 Å². The van der Waals surface area contributed by atoms with Crippen LogP contribution in [0, 0.1) is 0 Å². The zero-order valence-corrected chi connectivity index (χ0v) is 12.0. The number of unbranched alkanes of at least 4 members (excludes halogenated alkanes) is 1. The minimum Gasteiger partial charge on any atom is -0.493 e. The van der Waals surface area contributed by atoms with E-state index in [1.807, 2.05) is 25.1 Å². The number of benzene rings is 1. The average molecular weight is 302 g/mol. The lowest BCUT2D eigenvalue weighted by molar-refractivity contribution is 0.184. The largest absolute Gasteiger partial charge is 0.493 e. The number of rotatable bonds is 7. The Kier molecular flexibility index (Phi) is 6.55. The summed E-state index contributed by atoms with van der Waals surface area (Å²) in [6, 6.07) is 5.91. The molecule has 0 aliphatic rings. The lowest BCUT2D eigenvalue weighted by atomic mass is 10.1. The van der Waals surface area contributed by atoms with Gasteiger partial charge in [-0.05, 0) is 38.0 Å². The molecule has 0 aromatic heterocycles. The number of methoxy groups -OCH3 is 1. The summed E-state index contributed by atoms with van der Waals surface area (Å²) >= 11 is 3.44. The van der Waals surface area contributed by atoms with Gasteiger partial charge in [0.15, 0.2) is 0 Å². The van der Waals surface area contributed by atoms with Crippen LogP contribution in [0.5, 0.6) is 5.75 Å². The van der Waals surface area contributed by atoms with Crippen LogP contribution >= 0.6 is 15.9 Å². The SMILES string of the molecule is COCCCCOc1ccc(Br)cc1C(C)N. The van der Waals surface area contributed by atoms with E-state index in [4.69, 9.17) is 15.2 Å². The van der Waals surface area contributed by atoms with Gasteiger partial charge in [0, 0.05) is 29.8 Å². The summed E-state index contributed by atoms with van der Waals surface area (Å²) in [5, 5.41) is 0. The van der Waals surface area contributed by atoms with Crippen molar-refractivity contribution in [3.8, 4) is 5.75 Å². The molecule has 0 radical (unpaired) electrons. The molecule has 0 heterocycles. The van der Waals surface area contributed by atoms with Crippen LogP contribution in [-0.2, 0) is 4.74 Å². The molecule has 96 valence electrons. The van der Waals surface area contributed by atoms with Crippen molar-refractivity contribution in [2.75, 3.05) is 20.3 Å². The smallest absolute Gasteiger partial charge is 0.124 e. The number of ether oxygens (including phenoxy) is 2. The molecule has 1 aromatic carbocycles. The van der Waals surface area contributed by atoms with Crippen molar-refractivity contribution < 1.29 is 9.47 Å². The first-order valence-electron chi connectivity index (χ1n) is 5.82. The van der Waals surface area contributed by atoms with E-state index < -0.39 is 0 Å². The maximum atomic E-state index is 5.91. The number of halogens is 1. The number of nitrogens with two attached hydrogens (primary N) is 1. The third-order valence-electron chi connectivity index (χ3n) is 2.46. The van der Waals surface area contributed by atoms with Crippen molar-refractivity contribution in [3.05, 3.63) is 28.2 Å². The average Bonchev–Trinajstić information content (AvgIpc) is 2.30. The van der Waals surface area contributed by atoms with E-state index in [-0.39, 0.29) is 6.04 Å². The van der Waals surface area contributed by atoms with Gasteiger partial charge in [-0.1, -0.05) is 15.9 Å². The van der Waals surface area contributed by atoms with Crippen LogP contribution in [0.4, 0.5) is 0 Å². The third kappa shape index (κ3) is 5.06. The summed E-state index contributed by atoms with van der Waals surface area (Å²) in [5.74, 6) is 0.876. The highest BCUT2D eigenvalue weighted by molar-refractivity contribution is 9.10. The monoisotopic (exact) mass is 301 g/mol. The molecule has 0 aliphatic heterocycles. The highest BCUT2D eigenvalue weighted by atomic mass is 79.9. The van der Waals surface area contributed by atoms with Crippen LogP contribution in [0.25, 0.3) is 0 Å². The molecule has 0 saturated heterocycles. The molecule has 0 amide bonds. The Morgan fingerprint density at radius 2 is 2.00 bits per heavy atom. The van der Waals surface area contributed by atoms with Crippen LogP contribution < -0.4 is 10.5 Å². The molecular formula is C13H20BrNO2. The summed E-state index contributed by atoms with van der Waals surface area (Å²) in [5.41, 5.74) is 6.95. The van der Waals surface area contributed by atoms with Crippen molar-refractivity contribution in [3.63, 3.8) is 0 Å². The molecular weight excluding hydrogens is 282 g/mol. The van der Waals surface area contributed by atoms with Crippen LogP contribution in [-0.4, -0.2) is 20.3 Å². The van der Waals surface area contributed by atoms with Crippen molar-refractivity contribution in [1.82, 2.24) is 0 Å². The summed E-state index contributed by atoms with van der Waals surface area (Å²) in [6.45, 7) is 3.44. The van der Waals surface area contributed by atoms with Gasteiger partial charge < -0.3 is 15.2 Å². The van der Waals surface area contributed by atoms with Gasteiger partial charge in [-0.3, -0.25) is 0 Å². The van der Waals surface area contributed by atoms with Crippen molar-refractivity contribution in [2.24, 2.45) is 5.73 Å². The molecule has 3 nitrogen and oxygen atoms in total. The molecule has 1 rings (SSSR count). The van der Waals surface area contributed by atoms with Crippen molar-refractivity contribution in [1.29, 1.82) is 0 Å². The summed E-state index contributed by atoms with van der Waals surface area (Å²) in [7, 11) is 1.71. The van der Waals surface area contributed by atoms with E-state index in [0.717, 1.165) is 35.2 Å². The number of hydrogen-bond acceptors (Lipinski definition) is 3. The summed E-state index contributed by atoms with van der Waals surface area (Å²) in [4.78, 5) is 0. The predicted molar refractivity (Wildman–Crippen MR) is 73.3 cm³/mol. The predicted octanol–water partition coefficient (Wildman–Crippen LogP) is 3.27. The first-order chi connectivity index (χ1) is 8.15. The minimum absolute atomic E-state index is 0.0264. The lowest BCUT2D eigenvalue weighted by Gasteiger charge is -2.14. The van der Waals surface area contributed by atoms with E-state index in [0.29, 0.717) is 6.61 Å². The maximum absolute atomic E-state index is 5.91. The first kappa shape index (κ1) is 14.5. The van der Waals surface area contributed by atoms with Crippen LogP contribution in [0.3, 0.4) is 0 Å². The standard InChI is InChI=1S/C13H20BrNO2/c1-10(15)12-9-11(14)5-6-13(12)17-8-4-3-7-16-2/h5-6,9-10H,3-4,7-8,15H2,1-2H3. The molecule has 0 fully saturated rings. The minimum atomic E-state index is -0.0264. The molecule has 0 spiro atoms. The lowest BCUT2D eigenvalue weighted by Crippen LogP contribution is -2.09. The van der Waals surface area contributed by atoms with E-state index in [1.165, 1.54) is 0 Å². The third-order valence-corrected chi connectivity index (χ3v) is 2.96. The van der Waals surface area contributed by atoms with Crippen LogP contribution in [0.15, 0.2) is 22.7 Å². The highest BCUT2D eigenvalue weighted by Crippen LogP contribution is 2.27. The fourth-order valence-electron chi connectivity index (χ4n) is 1.54. The second-order valence-corrected chi connectivity index (χ2v) is 4.93. The van der Waals surface area contributed by atoms with Crippen LogP contribution in [0.1, 0.15) is 31.4 Å². The molecule has 1 unspecified atom stereocenters. The van der Waals surface area contributed by atoms with Gasteiger partial charge in [0.05, 0.1) is 6.61 Å². The molecule has 17 heavy (non-hydrogen) atoms. The van der Waals surface area contributed by atoms with Gasteiger partial charge in [-0.25, -0.2) is 0 Å². The van der Waals surface area contributed by atoms with Gasteiger partial charge in [-0.2, -0.15) is 0 Å². The molecule has 0 aliphatic carbocycles. The Morgan fingerprint density at radius 3 is 2.65 bits per heavy atom. The second-order valence-electron chi connectivity index (χ2n) is 4.02. The quantitative estimate of drug-likeness (QED) is 0.786. The fourth-order valence-corrected chi connectivity index (χ4v) is 1.92. The van der Waals surface area contributed by atoms with Crippen molar-refractivity contribution in [2.45, 2.75) is 25.8 Å². The molecule has 0 bridgehead atoms. The molecule has 1 atom stereocenters. The highest BCUT2D eigenvalue weighted by Gasteiger charge is 2.08. The van der Waals surface area contributed by atoms with E-state index >= 15 is 0 Å². The Labute approximate surface area is 111 Å². The van der Waals surface area contributed by atoms with Gasteiger partial charge in [0.25, 0.3) is 0 Å². The van der Waals surface area contributed by atoms with Gasteiger partial charge in [-0.15, -0.1) is 0 Å². The Hall–Kier alpha value is -0.580. The summed E-state index contributed by atoms with van der Waals surface area (Å²) in [6.07, 6.45) is 2.00. The zero-order valence-electron chi connectivity index (χ0n) is 10.4. The van der Waals surface area contributed by atoms with Gasteiger partial charge in [0.1, 0.15) is 5.75 Å². The molecule has 0 saturated carbocycles. The maximum Gasteiger partial charge on any atom is 0.124 e. The van der Waals surface area contributed by atoms with Gasteiger partial charge in [0.2, 0.25) is 0 Å². The Bertz CT molecular complexity index is 342. The Balaban J connectivity index is 2.52. The number of hydrogen-bond donors (Lipinski definition) is 1. The Morgan fingerprint density at radius 1 is 1.29 bits per heavy atom. The molecule has 2 N–H and O–H groups in total. The normalized spacial score (nSPS) is 12.5. The van der Waals surface area contributed by atoms with Gasteiger partial charge >= 0.3 is 0 Å².